The van der Waals surface area contributed by atoms with Gasteiger partial charge in [-0.15, -0.1) is 0 Å². The molecule has 0 saturated carbocycles. The summed E-state index contributed by atoms with van der Waals surface area (Å²) in [7, 11) is 0. The average Bonchev–Trinajstić information content (AvgIpc) is 2.26. The lowest BCUT2D eigenvalue weighted by Crippen LogP contribution is -2.27. The summed E-state index contributed by atoms with van der Waals surface area (Å²) in [4.78, 5) is 11.3. The van der Waals surface area contributed by atoms with Crippen LogP contribution in [-0.4, -0.2) is 5.91 Å². The monoisotopic (exact) mass is 266 g/mol. The van der Waals surface area contributed by atoms with E-state index in [1.165, 1.54) is 0 Å². The van der Waals surface area contributed by atoms with Crippen LogP contribution in [0.3, 0.4) is 0 Å². The molecule has 1 amide bonds. The van der Waals surface area contributed by atoms with E-state index in [4.69, 9.17) is 5.26 Å². The number of hydrogen-bond acceptors (Lipinski definition) is 2. The summed E-state index contributed by atoms with van der Waals surface area (Å²) in [5.41, 5.74) is 1.01. The smallest absolute Gasteiger partial charge is 0.237 e. The van der Waals surface area contributed by atoms with Crippen molar-refractivity contribution in [1.82, 2.24) is 5.32 Å². The quantitative estimate of drug-likeness (QED) is 0.912. The minimum Gasteiger partial charge on any atom is -0.351 e. The van der Waals surface area contributed by atoms with Crippen molar-refractivity contribution in [3.63, 3.8) is 0 Å². The molecule has 78 valence electrons. The first-order valence-corrected chi connectivity index (χ1v) is 5.34. The summed E-state index contributed by atoms with van der Waals surface area (Å²) in [5.74, 6) is -0.833. The minimum absolute atomic E-state index is 0.236. The van der Waals surface area contributed by atoms with Gasteiger partial charge in [-0.25, -0.2) is 0 Å². The summed E-state index contributed by atoms with van der Waals surface area (Å²) >= 11 is 3.33. The number of amides is 1. The summed E-state index contributed by atoms with van der Waals surface area (Å²) in [6, 6.07) is 9.55. The van der Waals surface area contributed by atoms with Crippen LogP contribution in [0, 0.1) is 17.2 Å². The van der Waals surface area contributed by atoms with E-state index >= 15 is 0 Å². The molecule has 3 nitrogen and oxygen atoms in total. The first-order valence-electron chi connectivity index (χ1n) is 4.55. The second-order valence-electron chi connectivity index (χ2n) is 3.20. The highest BCUT2D eigenvalue weighted by Gasteiger charge is 2.10. The molecule has 0 radical (unpaired) electrons. The maximum Gasteiger partial charge on any atom is 0.237 e. The fourth-order valence-corrected chi connectivity index (χ4v) is 1.27. The van der Waals surface area contributed by atoms with E-state index in [9.17, 15) is 4.79 Å². The van der Waals surface area contributed by atoms with Crippen molar-refractivity contribution < 1.29 is 4.79 Å². The Kier molecular flexibility index (Phi) is 4.32. The molecule has 1 unspecified atom stereocenters. The Labute approximate surface area is 97.2 Å². The molecule has 1 aromatic carbocycles. The highest BCUT2D eigenvalue weighted by molar-refractivity contribution is 9.10. The molecule has 0 spiro atoms. The number of carbonyl (C=O) groups excluding carboxylic acids is 1. The molecule has 0 fully saturated rings. The lowest BCUT2D eigenvalue weighted by molar-refractivity contribution is -0.123. The van der Waals surface area contributed by atoms with E-state index in [2.05, 4.69) is 21.2 Å². The van der Waals surface area contributed by atoms with Crippen molar-refractivity contribution >= 4 is 21.8 Å². The van der Waals surface area contributed by atoms with Gasteiger partial charge in [0.1, 0.15) is 5.92 Å². The third-order valence-electron chi connectivity index (χ3n) is 1.97. The van der Waals surface area contributed by atoms with Crippen molar-refractivity contribution in [2.75, 3.05) is 0 Å². The molecule has 0 aliphatic rings. The van der Waals surface area contributed by atoms with Crippen LogP contribution in [0.2, 0.25) is 0 Å². The maximum absolute atomic E-state index is 11.3. The highest BCUT2D eigenvalue weighted by Crippen LogP contribution is 2.10. The molecule has 0 aliphatic carbocycles. The van der Waals surface area contributed by atoms with Gasteiger partial charge < -0.3 is 5.32 Å². The van der Waals surface area contributed by atoms with Crippen molar-refractivity contribution in [2.45, 2.75) is 13.5 Å². The molecule has 0 bridgehead atoms. The third kappa shape index (κ3) is 3.72. The Hall–Kier alpha value is -1.34. The van der Waals surface area contributed by atoms with E-state index in [-0.39, 0.29) is 5.91 Å². The molecule has 0 aromatic heterocycles. The topological polar surface area (TPSA) is 52.9 Å². The number of rotatable bonds is 3. The molecule has 0 heterocycles. The molecule has 15 heavy (non-hydrogen) atoms. The number of hydrogen-bond donors (Lipinski definition) is 1. The Morgan fingerprint density at radius 3 is 2.67 bits per heavy atom. The van der Waals surface area contributed by atoms with Crippen molar-refractivity contribution in [2.24, 2.45) is 5.92 Å². The fraction of sp³-hybridized carbons (Fsp3) is 0.273. The molecule has 1 N–H and O–H groups in total. The Morgan fingerprint density at radius 1 is 1.53 bits per heavy atom. The van der Waals surface area contributed by atoms with Crippen LogP contribution in [0.25, 0.3) is 0 Å². The Bertz CT molecular complexity index is 381. The summed E-state index contributed by atoms with van der Waals surface area (Å²) < 4.78 is 1.00. The summed E-state index contributed by atoms with van der Waals surface area (Å²) in [5, 5.41) is 11.2. The lowest BCUT2D eigenvalue weighted by Gasteiger charge is -2.06. The van der Waals surface area contributed by atoms with Gasteiger partial charge in [-0.2, -0.15) is 5.26 Å². The van der Waals surface area contributed by atoms with E-state index in [1.54, 1.807) is 6.92 Å². The van der Waals surface area contributed by atoms with Crippen LogP contribution in [-0.2, 0) is 11.3 Å². The summed E-state index contributed by atoms with van der Waals surface area (Å²) in [6.45, 7) is 2.04. The largest absolute Gasteiger partial charge is 0.351 e. The van der Waals surface area contributed by atoms with Gasteiger partial charge in [0.25, 0.3) is 0 Å². The normalized spacial score (nSPS) is 11.5. The van der Waals surface area contributed by atoms with Crippen LogP contribution in [0.5, 0.6) is 0 Å². The van der Waals surface area contributed by atoms with Gasteiger partial charge in [0.15, 0.2) is 0 Å². The van der Waals surface area contributed by atoms with E-state index in [1.807, 2.05) is 30.3 Å². The Balaban J connectivity index is 2.48. The van der Waals surface area contributed by atoms with Gasteiger partial charge in [0.05, 0.1) is 6.07 Å². The first kappa shape index (κ1) is 11.7. The number of nitrogens with one attached hydrogen (secondary N) is 1. The molecular weight excluding hydrogens is 256 g/mol. The van der Waals surface area contributed by atoms with Gasteiger partial charge in [0, 0.05) is 11.0 Å². The molecule has 1 atom stereocenters. The van der Waals surface area contributed by atoms with Crippen LogP contribution in [0.15, 0.2) is 28.7 Å². The standard InChI is InChI=1S/C11H11BrN2O/c1-8(6-13)11(15)14-7-9-2-4-10(12)5-3-9/h2-5,8H,7H2,1H3,(H,14,15). The zero-order valence-corrected chi connectivity index (χ0v) is 9.91. The number of nitriles is 1. The van der Waals surface area contributed by atoms with E-state index in [0.29, 0.717) is 6.54 Å². The number of nitrogens with zero attached hydrogens (tertiary/aromatic N) is 1. The molecular formula is C11H11BrN2O. The zero-order valence-electron chi connectivity index (χ0n) is 8.33. The molecule has 1 aromatic rings. The van der Waals surface area contributed by atoms with Crippen LogP contribution >= 0.6 is 15.9 Å². The molecule has 0 aliphatic heterocycles. The van der Waals surface area contributed by atoms with Gasteiger partial charge in [-0.1, -0.05) is 28.1 Å². The SMILES string of the molecule is CC(C#N)C(=O)NCc1ccc(Br)cc1. The second-order valence-corrected chi connectivity index (χ2v) is 4.11. The number of halogens is 1. The van der Waals surface area contributed by atoms with E-state index < -0.39 is 5.92 Å². The molecule has 0 saturated heterocycles. The Morgan fingerprint density at radius 2 is 2.13 bits per heavy atom. The molecule has 1 rings (SSSR count). The highest BCUT2D eigenvalue weighted by atomic mass is 79.9. The summed E-state index contributed by atoms with van der Waals surface area (Å²) in [6.07, 6.45) is 0. The number of carbonyl (C=O) groups is 1. The minimum atomic E-state index is -0.597. The van der Waals surface area contributed by atoms with Crippen LogP contribution in [0.1, 0.15) is 12.5 Å². The van der Waals surface area contributed by atoms with Crippen molar-refractivity contribution in [1.29, 1.82) is 5.26 Å². The zero-order chi connectivity index (χ0) is 11.3. The first-order chi connectivity index (χ1) is 7.13. The van der Waals surface area contributed by atoms with Crippen LogP contribution in [0.4, 0.5) is 0 Å². The van der Waals surface area contributed by atoms with Crippen molar-refractivity contribution in [3.8, 4) is 6.07 Å². The average molecular weight is 267 g/mol. The predicted octanol–water partition coefficient (Wildman–Crippen LogP) is 2.22. The van der Waals surface area contributed by atoms with Crippen molar-refractivity contribution in [3.05, 3.63) is 34.3 Å². The van der Waals surface area contributed by atoms with Crippen LogP contribution < -0.4 is 5.32 Å². The van der Waals surface area contributed by atoms with Gasteiger partial charge in [-0.05, 0) is 24.6 Å². The third-order valence-corrected chi connectivity index (χ3v) is 2.50. The predicted molar refractivity (Wildman–Crippen MR) is 60.8 cm³/mol. The van der Waals surface area contributed by atoms with Gasteiger partial charge in [0.2, 0.25) is 5.91 Å². The van der Waals surface area contributed by atoms with Gasteiger partial charge in [-0.3, -0.25) is 4.79 Å². The second kappa shape index (κ2) is 5.52. The van der Waals surface area contributed by atoms with E-state index in [0.717, 1.165) is 10.0 Å². The van der Waals surface area contributed by atoms with Gasteiger partial charge >= 0.3 is 0 Å². The molecule has 4 heteroatoms. The maximum atomic E-state index is 11.3. The fourth-order valence-electron chi connectivity index (χ4n) is 1.00. The lowest BCUT2D eigenvalue weighted by atomic mass is 10.2. The number of benzene rings is 1.